The van der Waals surface area contributed by atoms with Crippen molar-refractivity contribution in [3.8, 4) is 11.4 Å². The zero-order valence-electron chi connectivity index (χ0n) is 20.6. The molecule has 2 saturated heterocycles. The van der Waals surface area contributed by atoms with Crippen molar-refractivity contribution in [1.29, 1.82) is 0 Å². The van der Waals surface area contributed by atoms with Crippen LogP contribution in [0.1, 0.15) is 24.3 Å². The van der Waals surface area contributed by atoms with Crippen molar-refractivity contribution in [2.24, 2.45) is 5.92 Å². The Hall–Kier alpha value is -3.24. The number of aromatic nitrogens is 2. The molecule has 2 aliphatic rings. The highest BCUT2D eigenvalue weighted by molar-refractivity contribution is 7.89. The van der Waals surface area contributed by atoms with Gasteiger partial charge in [0.05, 0.1) is 4.90 Å². The van der Waals surface area contributed by atoms with Crippen LogP contribution in [0.2, 0.25) is 0 Å². The molecule has 190 valence electrons. The highest BCUT2D eigenvalue weighted by Crippen LogP contribution is 2.30. The molecule has 0 saturated carbocycles. The topological polar surface area (TPSA) is 99.8 Å². The summed E-state index contributed by atoms with van der Waals surface area (Å²) >= 11 is 0. The number of para-hydroxylation sites is 1. The number of carbonyl (C=O) groups excluding carboxylic acids is 1. The second-order valence-corrected chi connectivity index (χ2v) is 11.3. The zero-order valence-corrected chi connectivity index (χ0v) is 21.4. The van der Waals surface area contributed by atoms with Gasteiger partial charge in [0.15, 0.2) is 0 Å². The van der Waals surface area contributed by atoms with Gasteiger partial charge in [0.25, 0.3) is 0 Å². The molecule has 1 amide bonds. The number of sulfonamides is 1. The predicted molar refractivity (Wildman–Crippen MR) is 136 cm³/mol. The Morgan fingerprint density at radius 1 is 0.944 bits per heavy atom. The molecule has 1 aromatic heterocycles. The summed E-state index contributed by atoms with van der Waals surface area (Å²) in [5.74, 6) is 0.781. The van der Waals surface area contributed by atoms with Crippen molar-refractivity contribution in [2.75, 3.05) is 44.2 Å². The molecular formula is C26H31N5O4S. The second kappa shape index (κ2) is 10.0. The Morgan fingerprint density at radius 2 is 1.64 bits per heavy atom. The number of carbonyl (C=O) groups is 1. The van der Waals surface area contributed by atoms with Crippen LogP contribution in [0.3, 0.4) is 0 Å². The van der Waals surface area contributed by atoms with E-state index in [0.717, 1.165) is 13.1 Å². The average molecular weight is 510 g/mol. The standard InChI is InChI=1S/C26H31N5O4S/c1-19-8-9-22(25-27-20(2)35-28-25)18-24(19)36(33,34)31-12-10-21(11-13-31)26(32)30-16-14-29(15-17-30)23-6-4-3-5-7-23/h3-9,18,21H,10-17H2,1-2H3. The fraction of sp³-hybridized carbons (Fsp3) is 0.423. The lowest BCUT2D eigenvalue weighted by atomic mass is 9.96. The molecule has 0 unspecified atom stereocenters. The lowest BCUT2D eigenvalue weighted by molar-refractivity contribution is -0.137. The van der Waals surface area contributed by atoms with Crippen LogP contribution < -0.4 is 4.90 Å². The summed E-state index contributed by atoms with van der Waals surface area (Å²) in [5.41, 5.74) is 2.43. The van der Waals surface area contributed by atoms with E-state index in [1.807, 2.05) is 23.1 Å². The second-order valence-electron chi connectivity index (χ2n) is 9.44. The quantitative estimate of drug-likeness (QED) is 0.521. The number of rotatable bonds is 5. The van der Waals surface area contributed by atoms with Crippen molar-refractivity contribution >= 4 is 21.6 Å². The highest BCUT2D eigenvalue weighted by atomic mass is 32.2. The van der Waals surface area contributed by atoms with Crippen LogP contribution in [-0.4, -0.2) is 72.9 Å². The van der Waals surface area contributed by atoms with Gasteiger partial charge in [-0.3, -0.25) is 4.79 Å². The minimum Gasteiger partial charge on any atom is -0.368 e. The monoisotopic (exact) mass is 509 g/mol. The molecule has 2 aromatic carbocycles. The number of piperidine rings is 1. The molecule has 3 aromatic rings. The van der Waals surface area contributed by atoms with Gasteiger partial charge in [0, 0.05) is 63.4 Å². The Morgan fingerprint density at radius 3 is 2.28 bits per heavy atom. The van der Waals surface area contributed by atoms with Crippen LogP contribution in [0.15, 0.2) is 57.9 Å². The van der Waals surface area contributed by atoms with E-state index in [2.05, 4.69) is 27.2 Å². The molecule has 0 radical (unpaired) electrons. The largest absolute Gasteiger partial charge is 0.368 e. The Labute approximate surface area is 211 Å². The van der Waals surface area contributed by atoms with Crippen molar-refractivity contribution in [3.05, 3.63) is 60.0 Å². The van der Waals surface area contributed by atoms with Gasteiger partial charge in [-0.25, -0.2) is 8.42 Å². The van der Waals surface area contributed by atoms with E-state index in [9.17, 15) is 13.2 Å². The normalized spacial score (nSPS) is 17.9. The van der Waals surface area contributed by atoms with Crippen LogP contribution in [0.25, 0.3) is 11.4 Å². The van der Waals surface area contributed by atoms with Crippen molar-refractivity contribution in [2.45, 2.75) is 31.6 Å². The summed E-state index contributed by atoms with van der Waals surface area (Å²) in [6.45, 7) is 7.11. The molecule has 0 N–H and O–H groups in total. The molecule has 2 aliphatic heterocycles. The predicted octanol–water partition coefficient (Wildman–Crippen LogP) is 3.10. The average Bonchev–Trinajstić information content (AvgIpc) is 3.35. The van der Waals surface area contributed by atoms with E-state index in [1.54, 1.807) is 32.0 Å². The van der Waals surface area contributed by atoms with Gasteiger partial charge in [-0.05, 0) is 43.5 Å². The first-order valence-corrected chi connectivity index (χ1v) is 13.8. The number of benzene rings is 2. The maximum atomic E-state index is 13.5. The van der Waals surface area contributed by atoms with E-state index >= 15 is 0 Å². The Balaban J connectivity index is 1.21. The first-order valence-electron chi connectivity index (χ1n) is 12.3. The molecule has 2 fully saturated rings. The first-order chi connectivity index (χ1) is 17.3. The molecule has 10 heteroatoms. The minimum atomic E-state index is -3.71. The molecule has 9 nitrogen and oxygen atoms in total. The van der Waals surface area contributed by atoms with Gasteiger partial charge < -0.3 is 14.3 Å². The van der Waals surface area contributed by atoms with Crippen molar-refractivity contribution in [1.82, 2.24) is 19.3 Å². The summed E-state index contributed by atoms with van der Waals surface area (Å²) in [6.07, 6.45) is 1.06. The molecule has 0 aliphatic carbocycles. The smallest absolute Gasteiger partial charge is 0.243 e. The third-order valence-corrected chi connectivity index (χ3v) is 9.15. The third-order valence-electron chi connectivity index (χ3n) is 7.11. The fourth-order valence-electron chi connectivity index (χ4n) is 5.00. The number of anilines is 1. The molecule has 5 rings (SSSR count). The van der Waals surface area contributed by atoms with Gasteiger partial charge in [-0.2, -0.15) is 9.29 Å². The lowest BCUT2D eigenvalue weighted by Gasteiger charge is -2.39. The summed E-state index contributed by atoms with van der Waals surface area (Å²) in [6, 6.07) is 15.4. The highest BCUT2D eigenvalue weighted by Gasteiger charge is 2.35. The lowest BCUT2D eigenvalue weighted by Crippen LogP contribution is -2.52. The fourth-order valence-corrected chi connectivity index (χ4v) is 6.72. The van der Waals surface area contributed by atoms with E-state index in [1.165, 1.54) is 9.99 Å². The maximum absolute atomic E-state index is 13.5. The molecular weight excluding hydrogens is 478 g/mol. The van der Waals surface area contributed by atoms with E-state index in [0.29, 0.717) is 61.9 Å². The molecule has 0 atom stereocenters. The van der Waals surface area contributed by atoms with Crippen LogP contribution >= 0.6 is 0 Å². The number of piperazine rings is 1. The van der Waals surface area contributed by atoms with Gasteiger partial charge >= 0.3 is 0 Å². The third kappa shape index (κ3) is 4.87. The number of nitrogens with zero attached hydrogens (tertiary/aromatic N) is 5. The maximum Gasteiger partial charge on any atom is 0.243 e. The van der Waals surface area contributed by atoms with Gasteiger partial charge in [0.2, 0.25) is 27.6 Å². The van der Waals surface area contributed by atoms with Crippen LogP contribution in [0.4, 0.5) is 5.69 Å². The summed E-state index contributed by atoms with van der Waals surface area (Å²) < 4.78 is 33.6. The molecule has 0 spiro atoms. The number of hydrogen-bond acceptors (Lipinski definition) is 7. The van der Waals surface area contributed by atoms with Gasteiger partial charge in [-0.1, -0.05) is 35.5 Å². The van der Waals surface area contributed by atoms with Crippen LogP contribution in [0, 0.1) is 19.8 Å². The summed E-state index contributed by atoms with van der Waals surface area (Å²) in [7, 11) is -3.71. The number of hydrogen-bond donors (Lipinski definition) is 0. The van der Waals surface area contributed by atoms with Gasteiger partial charge in [0.1, 0.15) is 0 Å². The van der Waals surface area contributed by atoms with E-state index in [4.69, 9.17) is 4.52 Å². The van der Waals surface area contributed by atoms with E-state index in [-0.39, 0.29) is 16.7 Å². The van der Waals surface area contributed by atoms with Crippen LogP contribution in [0.5, 0.6) is 0 Å². The Bertz CT molecular complexity index is 1330. The van der Waals surface area contributed by atoms with Crippen molar-refractivity contribution < 1.29 is 17.7 Å². The zero-order chi connectivity index (χ0) is 25.3. The summed E-state index contributed by atoms with van der Waals surface area (Å²) in [4.78, 5) is 21.9. The van der Waals surface area contributed by atoms with Gasteiger partial charge in [-0.15, -0.1) is 0 Å². The summed E-state index contributed by atoms with van der Waals surface area (Å²) in [5, 5.41) is 3.91. The van der Waals surface area contributed by atoms with Crippen LogP contribution in [-0.2, 0) is 14.8 Å². The van der Waals surface area contributed by atoms with Crippen molar-refractivity contribution in [3.63, 3.8) is 0 Å². The molecule has 0 bridgehead atoms. The van der Waals surface area contributed by atoms with E-state index < -0.39 is 10.0 Å². The SMILES string of the molecule is Cc1nc(-c2ccc(C)c(S(=O)(=O)N3CCC(C(=O)N4CCN(c5ccccc5)CC4)CC3)c2)no1. The Kier molecular flexibility index (Phi) is 6.81. The molecule has 36 heavy (non-hydrogen) atoms. The minimum absolute atomic E-state index is 0.144. The molecule has 3 heterocycles. The number of aryl methyl sites for hydroxylation is 2. The number of amides is 1. The first kappa shape index (κ1) is 24.5.